The van der Waals surface area contributed by atoms with E-state index >= 15 is 0 Å². The van der Waals surface area contributed by atoms with Crippen molar-refractivity contribution < 1.29 is 19.8 Å². The predicted molar refractivity (Wildman–Crippen MR) is 38.2 cm³/mol. The van der Waals surface area contributed by atoms with Crippen LogP contribution in [0.2, 0.25) is 0 Å². The highest BCUT2D eigenvalue weighted by Crippen LogP contribution is 2.15. The van der Waals surface area contributed by atoms with Gasteiger partial charge in [0.25, 0.3) is 0 Å². The minimum Gasteiger partial charge on any atom is -0.481 e. The van der Waals surface area contributed by atoms with Crippen LogP contribution < -0.4 is 0 Å². The molecule has 0 unspecified atom stereocenters. The molecule has 0 aliphatic carbocycles. The van der Waals surface area contributed by atoms with Gasteiger partial charge in [-0.05, 0) is 5.92 Å². The van der Waals surface area contributed by atoms with Gasteiger partial charge in [0.2, 0.25) is 0 Å². The van der Waals surface area contributed by atoms with E-state index in [4.69, 9.17) is 15.5 Å². The van der Waals surface area contributed by atoms with Gasteiger partial charge in [-0.2, -0.15) is 5.26 Å². The summed E-state index contributed by atoms with van der Waals surface area (Å²) in [5.41, 5.74) is 0. The van der Waals surface area contributed by atoms with Crippen LogP contribution in [0, 0.1) is 23.2 Å². The maximum absolute atomic E-state index is 10.4. The summed E-state index contributed by atoms with van der Waals surface area (Å²) in [5.74, 6) is -4.94. The fourth-order valence-corrected chi connectivity index (χ4v) is 0.854. The molecular formula is C7H9NO4. The van der Waals surface area contributed by atoms with E-state index in [-0.39, 0.29) is 6.42 Å². The Morgan fingerprint density at radius 1 is 1.42 bits per heavy atom. The van der Waals surface area contributed by atoms with E-state index in [0.717, 1.165) is 0 Å². The summed E-state index contributed by atoms with van der Waals surface area (Å²) < 4.78 is 0. The van der Waals surface area contributed by atoms with Crippen molar-refractivity contribution in [2.24, 2.45) is 11.8 Å². The normalized spacial score (nSPS) is 12.1. The molecule has 0 spiro atoms. The summed E-state index contributed by atoms with van der Waals surface area (Å²) in [7, 11) is 0. The van der Waals surface area contributed by atoms with Crippen molar-refractivity contribution in [2.45, 2.75) is 13.3 Å². The van der Waals surface area contributed by atoms with Crippen LogP contribution in [0.5, 0.6) is 0 Å². The number of nitriles is 1. The molecule has 0 heterocycles. The first-order chi connectivity index (χ1) is 5.50. The Kier molecular flexibility index (Phi) is 3.77. The first-order valence-electron chi connectivity index (χ1n) is 3.33. The van der Waals surface area contributed by atoms with E-state index in [1.807, 2.05) is 0 Å². The molecule has 0 radical (unpaired) electrons. The Balaban J connectivity index is 4.42. The maximum Gasteiger partial charge on any atom is 0.318 e. The highest BCUT2D eigenvalue weighted by atomic mass is 16.4. The van der Waals surface area contributed by atoms with Gasteiger partial charge in [-0.15, -0.1) is 0 Å². The van der Waals surface area contributed by atoms with Crippen molar-refractivity contribution in [1.82, 2.24) is 0 Å². The molecule has 0 bridgehead atoms. The second kappa shape index (κ2) is 4.34. The van der Waals surface area contributed by atoms with Crippen molar-refractivity contribution in [1.29, 1.82) is 5.26 Å². The van der Waals surface area contributed by atoms with Crippen LogP contribution in [0.1, 0.15) is 13.3 Å². The summed E-state index contributed by atoms with van der Waals surface area (Å²) >= 11 is 0. The van der Waals surface area contributed by atoms with Crippen LogP contribution in [0.15, 0.2) is 0 Å². The first-order valence-corrected chi connectivity index (χ1v) is 3.33. The second-order valence-electron chi connectivity index (χ2n) is 2.49. The van der Waals surface area contributed by atoms with Crippen molar-refractivity contribution >= 4 is 11.9 Å². The van der Waals surface area contributed by atoms with Gasteiger partial charge in [-0.1, -0.05) is 6.92 Å². The Labute approximate surface area is 69.2 Å². The van der Waals surface area contributed by atoms with Gasteiger partial charge in [-0.3, -0.25) is 9.59 Å². The van der Waals surface area contributed by atoms with Crippen LogP contribution in [-0.2, 0) is 9.59 Å². The van der Waals surface area contributed by atoms with Gasteiger partial charge in [-0.25, -0.2) is 0 Å². The van der Waals surface area contributed by atoms with Crippen LogP contribution in [-0.4, -0.2) is 22.2 Å². The summed E-state index contributed by atoms with van der Waals surface area (Å²) in [6.45, 7) is 1.43. The topological polar surface area (TPSA) is 98.4 Å². The Bertz CT molecular complexity index is 216. The first kappa shape index (κ1) is 10.4. The molecule has 0 amide bonds. The lowest BCUT2D eigenvalue weighted by molar-refractivity contribution is -0.156. The number of carboxylic acids is 2. The molecule has 0 aromatic carbocycles. The van der Waals surface area contributed by atoms with Crippen LogP contribution in [0.4, 0.5) is 0 Å². The van der Waals surface area contributed by atoms with Gasteiger partial charge >= 0.3 is 11.9 Å². The molecule has 0 aromatic rings. The summed E-state index contributed by atoms with van der Waals surface area (Å²) in [5, 5.41) is 25.1. The lowest BCUT2D eigenvalue weighted by Crippen LogP contribution is -2.29. The smallest absolute Gasteiger partial charge is 0.318 e. The van der Waals surface area contributed by atoms with Gasteiger partial charge in [0.1, 0.15) is 0 Å². The van der Waals surface area contributed by atoms with Gasteiger partial charge in [0.15, 0.2) is 5.92 Å². The highest BCUT2D eigenvalue weighted by molar-refractivity contribution is 5.93. The lowest BCUT2D eigenvalue weighted by Gasteiger charge is -2.11. The molecule has 2 N–H and O–H groups in total. The number of nitrogens with zero attached hydrogens (tertiary/aromatic N) is 1. The van der Waals surface area contributed by atoms with Crippen molar-refractivity contribution in [3.05, 3.63) is 0 Å². The third-order valence-electron chi connectivity index (χ3n) is 1.51. The van der Waals surface area contributed by atoms with E-state index in [2.05, 4.69) is 0 Å². The van der Waals surface area contributed by atoms with E-state index in [0.29, 0.717) is 0 Å². The fourth-order valence-electron chi connectivity index (χ4n) is 0.854. The van der Waals surface area contributed by atoms with Crippen LogP contribution in [0.25, 0.3) is 0 Å². The lowest BCUT2D eigenvalue weighted by atomic mass is 9.92. The summed E-state index contributed by atoms with van der Waals surface area (Å²) in [6.07, 6.45) is -0.0662. The molecule has 1 atom stereocenters. The monoisotopic (exact) mass is 171 g/mol. The molecule has 0 aromatic heterocycles. The molecule has 12 heavy (non-hydrogen) atoms. The minimum absolute atomic E-state index is 0.0662. The number of hydrogen-bond donors (Lipinski definition) is 2. The zero-order valence-corrected chi connectivity index (χ0v) is 6.52. The molecule has 0 aliphatic rings. The van der Waals surface area contributed by atoms with Gasteiger partial charge < -0.3 is 10.2 Å². The maximum atomic E-state index is 10.4. The molecule has 5 nitrogen and oxygen atoms in total. The second-order valence-corrected chi connectivity index (χ2v) is 2.49. The van der Waals surface area contributed by atoms with Crippen molar-refractivity contribution in [3.8, 4) is 6.07 Å². The zero-order valence-electron chi connectivity index (χ0n) is 6.52. The third kappa shape index (κ3) is 2.58. The number of hydrogen-bond acceptors (Lipinski definition) is 3. The molecular weight excluding hydrogens is 162 g/mol. The molecule has 0 saturated carbocycles. The summed E-state index contributed by atoms with van der Waals surface area (Å²) in [6, 6.07) is 1.73. The molecule has 0 fully saturated rings. The van der Waals surface area contributed by atoms with E-state index in [9.17, 15) is 9.59 Å². The van der Waals surface area contributed by atoms with Crippen molar-refractivity contribution in [3.63, 3.8) is 0 Å². The molecule has 0 aliphatic heterocycles. The standard InChI is InChI=1S/C7H9NO4/c1-4(2-3-8)5(6(9)10)7(11)12/h4-5H,2H2,1H3,(H,9,10)(H,11,12)/t4-/m1/s1. The SMILES string of the molecule is C[C@H](CC#N)C(C(=O)O)C(=O)O. The number of aliphatic carboxylic acids is 2. The molecule has 5 heteroatoms. The average molecular weight is 171 g/mol. The largest absolute Gasteiger partial charge is 0.481 e. The van der Waals surface area contributed by atoms with Crippen LogP contribution >= 0.6 is 0 Å². The van der Waals surface area contributed by atoms with E-state index in [1.165, 1.54) is 6.92 Å². The van der Waals surface area contributed by atoms with Gasteiger partial charge in [0, 0.05) is 6.42 Å². The Morgan fingerprint density at radius 2 is 1.83 bits per heavy atom. The minimum atomic E-state index is -1.48. The Hall–Kier alpha value is -1.57. The number of carboxylic acid groups (broad SMARTS) is 2. The van der Waals surface area contributed by atoms with Crippen LogP contribution in [0.3, 0.4) is 0 Å². The Morgan fingerprint density at radius 3 is 2.08 bits per heavy atom. The molecule has 0 rings (SSSR count). The van der Waals surface area contributed by atoms with E-state index in [1.54, 1.807) is 6.07 Å². The summed E-state index contributed by atoms with van der Waals surface area (Å²) in [4.78, 5) is 20.7. The fraction of sp³-hybridized carbons (Fsp3) is 0.571. The zero-order chi connectivity index (χ0) is 9.72. The van der Waals surface area contributed by atoms with Gasteiger partial charge in [0.05, 0.1) is 6.07 Å². The molecule has 66 valence electrons. The van der Waals surface area contributed by atoms with Crippen molar-refractivity contribution in [2.75, 3.05) is 0 Å². The third-order valence-corrected chi connectivity index (χ3v) is 1.51. The number of rotatable bonds is 4. The number of carbonyl (C=O) groups is 2. The van der Waals surface area contributed by atoms with E-state index < -0.39 is 23.8 Å². The quantitative estimate of drug-likeness (QED) is 0.593. The highest BCUT2D eigenvalue weighted by Gasteiger charge is 2.31. The molecule has 0 saturated heterocycles. The average Bonchev–Trinajstić information content (AvgIpc) is 1.85. The predicted octanol–water partition coefficient (Wildman–Crippen LogP) is 0.322.